The number of primary amides is 1. The third-order valence-electron chi connectivity index (χ3n) is 6.76. The van der Waals surface area contributed by atoms with E-state index in [1.54, 1.807) is 10.7 Å². The summed E-state index contributed by atoms with van der Waals surface area (Å²) in [4.78, 5) is 36.8. The van der Waals surface area contributed by atoms with Crippen molar-refractivity contribution >= 4 is 35.8 Å². The average Bonchev–Trinajstić information content (AvgIpc) is 3.36. The van der Waals surface area contributed by atoms with Gasteiger partial charge in [0.2, 0.25) is 0 Å². The highest BCUT2D eigenvalue weighted by atomic mass is 35.5. The second-order valence-corrected chi connectivity index (χ2v) is 10.1. The Morgan fingerprint density at radius 3 is 2.64 bits per heavy atom. The van der Waals surface area contributed by atoms with Gasteiger partial charge in [-0.05, 0) is 43.6 Å². The van der Waals surface area contributed by atoms with Crippen molar-refractivity contribution in [3.8, 4) is 5.69 Å². The zero-order valence-corrected chi connectivity index (χ0v) is 21.5. The van der Waals surface area contributed by atoms with Gasteiger partial charge in [0.25, 0.3) is 5.91 Å². The molecule has 2 aromatic rings. The minimum absolute atomic E-state index is 0. The van der Waals surface area contributed by atoms with Crippen LogP contribution in [0.5, 0.6) is 0 Å². The van der Waals surface area contributed by atoms with Crippen LogP contribution in [-0.2, 0) is 22.4 Å². The number of hydrogen-bond donors (Lipinski definition) is 3. The molecule has 5 N–H and O–H groups in total. The quantitative estimate of drug-likeness (QED) is 0.475. The normalized spacial score (nSPS) is 20.4. The third-order valence-corrected chi connectivity index (χ3v) is 6.76. The maximum absolute atomic E-state index is 15.3. The fraction of sp³-hybridized carbons (Fsp3) is 0.520. The van der Waals surface area contributed by atoms with E-state index in [2.05, 4.69) is 10.4 Å². The molecule has 0 saturated heterocycles. The minimum atomic E-state index is -0.918. The summed E-state index contributed by atoms with van der Waals surface area (Å²) >= 11 is 0. The molecular formula is C25H33ClFN5O4. The number of anilines is 1. The van der Waals surface area contributed by atoms with Crippen molar-refractivity contribution in [3.63, 3.8) is 0 Å². The van der Waals surface area contributed by atoms with Crippen LogP contribution in [-0.4, -0.2) is 46.1 Å². The number of benzene rings is 1. The topological polar surface area (TPSA) is 142 Å². The van der Waals surface area contributed by atoms with Crippen LogP contribution in [0.2, 0.25) is 0 Å². The number of ketones is 1. The number of nitrogens with two attached hydrogens (primary N) is 2. The first-order chi connectivity index (χ1) is 16.5. The highest BCUT2D eigenvalue weighted by Crippen LogP contribution is 2.38. The first kappa shape index (κ1) is 27.6. The molecule has 2 aliphatic rings. The number of carbonyl (C=O) groups is 3. The Morgan fingerprint density at radius 1 is 1.28 bits per heavy atom. The van der Waals surface area contributed by atoms with Crippen molar-refractivity contribution in [2.75, 3.05) is 11.9 Å². The van der Waals surface area contributed by atoms with Crippen LogP contribution in [0.1, 0.15) is 78.6 Å². The lowest BCUT2D eigenvalue weighted by molar-refractivity contribution is -0.147. The Balaban J connectivity index is 0.00000361. The van der Waals surface area contributed by atoms with Crippen LogP contribution >= 0.6 is 12.4 Å². The van der Waals surface area contributed by atoms with Crippen LogP contribution in [0.25, 0.3) is 5.69 Å². The molecule has 1 saturated carbocycles. The molecule has 2 unspecified atom stereocenters. The molecule has 9 nitrogen and oxygen atoms in total. The van der Waals surface area contributed by atoms with Crippen LogP contribution in [0.4, 0.5) is 10.1 Å². The number of Topliss-reactive ketones (excluding diaryl/α,β-unsaturated/α-hetero) is 1. The molecule has 1 fully saturated rings. The Kier molecular flexibility index (Phi) is 8.10. The van der Waals surface area contributed by atoms with Crippen LogP contribution < -0.4 is 16.8 Å². The highest BCUT2D eigenvalue weighted by Gasteiger charge is 2.37. The molecule has 1 heterocycles. The molecule has 1 amide bonds. The number of hydrogen-bond acceptors (Lipinski definition) is 7. The molecule has 0 bridgehead atoms. The molecule has 1 aromatic carbocycles. The van der Waals surface area contributed by atoms with E-state index in [1.165, 1.54) is 6.07 Å². The Bertz CT molecular complexity index is 1200. The summed E-state index contributed by atoms with van der Waals surface area (Å²) in [5.74, 6) is -2.21. The predicted molar refractivity (Wildman–Crippen MR) is 135 cm³/mol. The Labute approximate surface area is 215 Å². The van der Waals surface area contributed by atoms with E-state index in [1.807, 2.05) is 20.8 Å². The summed E-state index contributed by atoms with van der Waals surface area (Å²) in [6.07, 6.45) is 3.20. The number of fused-ring (bicyclic) bond motifs is 1. The van der Waals surface area contributed by atoms with Gasteiger partial charge < -0.3 is 21.5 Å². The zero-order valence-electron chi connectivity index (χ0n) is 20.7. The van der Waals surface area contributed by atoms with Gasteiger partial charge in [-0.2, -0.15) is 5.10 Å². The van der Waals surface area contributed by atoms with Crippen molar-refractivity contribution < 1.29 is 23.5 Å². The first-order valence-electron chi connectivity index (χ1n) is 12.0. The summed E-state index contributed by atoms with van der Waals surface area (Å²) in [7, 11) is 0. The number of nitrogens with zero attached hydrogens (tertiary/aromatic N) is 2. The number of ether oxygens (including phenoxy) is 1. The van der Waals surface area contributed by atoms with Gasteiger partial charge in [0.15, 0.2) is 5.78 Å². The van der Waals surface area contributed by atoms with Crippen molar-refractivity contribution in [2.45, 2.75) is 71.4 Å². The number of rotatable bonds is 7. The lowest BCUT2D eigenvalue weighted by Gasteiger charge is -2.29. The van der Waals surface area contributed by atoms with Crippen LogP contribution in [0, 0.1) is 11.2 Å². The largest absolute Gasteiger partial charge is 0.459 e. The van der Waals surface area contributed by atoms with Gasteiger partial charge in [-0.15, -0.1) is 12.4 Å². The summed E-state index contributed by atoms with van der Waals surface area (Å²) in [5.41, 5.74) is 12.9. The standard InChI is InChI=1S/C25H32FN5O4.ClH/c1-4-15-23-18(10-25(2,3)11-19(23)32)31(30-15)13-8-14(26)22(24(28)34)17(9-13)29-16-6-5-7-20(16)35-21(33)12-27;/h8-9,16,20,29H,4-7,10-12,27H2,1-3H3,(H2,28,34);1H. The second-order valence-electron chi connectivity index (χ2n) is 10.1. The first-order valence-corrected chi connectivity index (χ1v) is 12.0. The number of nitrogens with one attached hydrogen (secondary N) is 1. The SMILES string of the molecule is CCc1nn(-c2cc(F)c(C(N)=O)c(NC3CCCC3OC(=O)CN)c2)c2c1C(=O)CC(C)(C)C2.Cl. The molecule has 0 radical (unpaired) electrons. The number of amides is 1. The molecule has 2 atom stereocenters. The van der Waals surface area contributed by atoms with Gasteiger partial charge >= 0.3 is 5.97 Å². The fourth-order valence-corrected chi connectivity index (χ4v) is 5.22. The van der Waals surface area contributed by atoms with E-state index in [0.29, 0.717) is 49.0 Å². The summed E-state index contributed by atoms with van der Waals surface area (Å²) in [6.45, 7) is 5.72. The van der Waals surface area contributed by atoms with Crippen LogP contribution in [0.15, 0.2) is 12.1 Å². The lowest BCUT2D eigenvalue weighted by Crippen LogP contribution is -2.35. The maximum atomic E-state index is 15.3. The van der Waals surface area contributed by atoms with E-state index in [-0.39, 0.29) is 47.4 Å². The average molecular weight is 522 g/mol. The Morgan fingerprint density at radius 2 is 2.00 bits per heavy atom. The number of aromatic nitrogens is 2. The van der Waals surface area contributed by atoms with Gasteiger partial charge in [-0.3, -0.25) is 14.4 Å². The molecular weight excluding hydrogens is 489 g/mol. The van der Waals surface area contributed by atoms with E-state index < -0.39 is 23.8 Å². The predicted octanol–water partition coefficient (Wildman–Crippen LogP) is 3.08. The summed E-state index contributed by atoms with van der Waals surface area (Å²) < 4.78 is 22.3. The van der Waals surface area contributed by atoms with Crippen molar-refractivity contribution in [2.24, 2.45) is 16.9 Å². The van der Waals surface area contributed by atoms with Gasteiger partial charge in [0.1, 0.15) is 11.9 Å². The van der Waals surface area contributed by atoms with Gasteiger partial charge in [0, 0.05) is 12.5 Å². The van der Waals surface area contributed by atoms with Crippen molar-refractivity contribution in [3.05, 3.63) is 40.5 Å². The molecule has 0 spiro atoms. The van der Waals surface area contributed by atoms with Crippen LogP contribution in [0.3, 0.4) is 0 Å². The number of esters is 1. The second kappa shape index (κ2) is 10.6. The van der Waals surface area contributed by atoms with Gasteiger partial charge in [-0.1, -0.05) is 20.8 Å². The zero-order chi connectivity index (χ0) is 25.5. The fourth-order valence-electron chi connectivity index (χ4n) is 5.22. The molecule has 36 heavy (non-hydrogen) atoms. The van der Waals surface area contributed by atoms with Gasteiger partial charge in [0.05, 0.1) is 46.5 Å². The molecule has 11 heteroatoms. The number of carbonyl (C=O) groups excluding carboxylic acids is 3. The number of halogens is 2. The summed E-state index contributed by atoms with van der Waals surface area (Å²) in [6, 6.07) is 2.49. The third kappa shape index (κ3) is 5.24. The van der Waals surface area contributed by atoms with Crippen molar-refractivity contribution in [1.82, 2.24) is 9.78 Å². The minimum Gasteiger partial charge on any atom is -0.459 e. The van der Waals surface area contributed by atoms with E-state index in [0.717, 1.165) is 12.1 Å². The monoisotopic (exact) mass is 521 g/mol. The van der Waals surface area contributed by atoms with E-state index in [4.69, 9.17) is 16.2 Å². The van der Waals surface area contributed by atoms with E-state index >= 15 is 4.39 Å². The van der Waals surface area contributed by atoms with E-state index in [9.17, 15) is 14.4 Å². The Hall–Kier alpha value is -2.98. The molecule has 0 aliphatic heterocycles. The molecule has 196 valence electrons. The molecule has 4 rings (SSSR count). The maximum Gasteiger partial charge on any atom is 0.320 e. The number of aryl methyl sites for hydroxylation is 1. The summed E-state index contributed by atoms with van der Waals surface area (Å²) in [5, 5.41) is 7.83. The van der Waals surface area contributed by atoms with Crippen molar-refractivity contribution in [1.29, 1.82) is 0 Å². The van der Waals surface area contributed by atoms with Gasteiger partial charge in [-0.25, -0.2) is 9.07 Å². The molecule has 1 aromatic heterocycles. The smallest absolute Gasteiger partial charge is 0.320 e. The molecule has 2 aliphatic carbocycles. The highest BCUT2D eigenvalue weighted by molar-refractivity contribution is 6.00. The lowest BCUT2D eigenvalue weighted by atomic mass is 9.75.